The van der Waals surface area contributed by atoms with Crippen molar-refractivity contribution in [2.75, 3.05) is 18.0 Å². The molecule has 0 aromatic carbocycles. The van der Waals surface area contributed by atoms with Crippen LogP contribution >= 0.6 is 27.3 Å². The quantitative estimate of drug-likeness (QED) is 0.485. The van der Waals surface area contributed by atoms with Crippen LogP contribution in [0.1, 0.15) is 25.3 Å². The molecule has 0 unspecified atom stereocenters. The van der Waals surface area contributed by atoms with E-state index in [-0.39, 0.29) is 6.10 Å². The van der Waals surface area contributed by atoms with E-state index in [1.165, 1.54) is 11.3 Å². The van der Waals surface area contributed by atoms with Crippen LogP contribution in [0, 0.1) is 5.92 Å². The minimum atomic E-state index is -4.43. The van der Waals surface area contributed by atoms with Crippen molar-refractivity contribution in [1.29, 1.82) is 0 Å². The smallest absolute Gasteiger partial charge is 0.419 e. The molecule has 3 aromatic rings. The van der Waals surface area contributed by atoms with E-state index in [1.54, 1.807) is 0 Å². The van der Waals surface area contributed by atoms with Crippen LogP contribution in [0.15, 0.2) is 29.1 Å². The predicted octanol–water partition coefficient (Wildman–Crippen LogP) is 4.95. The lowest BCUT2D eigenvalue weighted by atomic mass is 9.92. The Morgan fingerprint density at radius 3 is 2.52 bits per heavy atom. The van der Waals surface area contributed by atoms with E-state index in [9.17, 15) is 13.2 Å². The van der Waals surface area contributed by atoms with Crippen LogP contribution in [0.2, 0.25) is 0 Å². The summed E-state index contributed by atoms with van der Waals surface area (Å²) in [5, 5.41) is 0.589. The standard InChI is InChI=1S/C18H17BrF3N5OS/c1-10(28-17-25-13-2-3-14(19)26-15(13)29-17)11-4-6-27(7-5-11)16-23-8-12(9-24-16)18(20,21)22/h2-3,8-11H,4-7H2,1H3/t10-/m0/s1. The first-order valence-corrected chi connectivity index (χ1v) is 10.6. The topological polar surface area (TPSA) is 64.0 Å². The molecule has 29 heavy (non-hydrogen) atoms. The molecule has 1 aliphatic heterocycles. The maximum absolute atomic E-state index is 12.7. The average Bonchev–Trinajstić information content (AvgIpc) is 3.09. The molecule has 0 amide bonds. The maximum atomic E-state index is 12.7. The van der Waals surface area contributed by atoms with Crippen molar-refractivity contribution in [3.05, 3.63) is 34.7 Å². The molecule has 0 N–H and O–H groups in total. The molecule has 154 valence electrons. The minimum absolute atomic E-state index is 0.0327. The third kappa shape index (κ3) is 4.61. The number of thiazole rings is 1. The Morgan fingerprint density at radius 1 is 1.17 bits per heavy atom. The highest BCUT2D eigenvalue weighted by atomic mass is 79.9. The highest BCUT2D eigenvalue weighted by Gasteiger charge is 2.32. The van der Waals surface area contributed by atoms with Crippen molar-refractivity contribution in [2.45, 2.75) is 32.0 Å². The van der Waals surface area contributed by atoms with E-state index in [0.717, 1.165) is 40.2 Å². The molecule has 0 spiro atoms. The van der Waals surface area contributed by atoms with Crippen molar-refractivity contribution in [2.24, 2.45) is 5.92 Å². The second-order valence-corrected chi connectivity index (χ2v) is 8.61. The number of halogens is 4. The van der Waals surface area contributed by atoms with E-state index >= 15 is 0 Å². The van der Waals surface area contributed by atoms with Gasteiger partial charge in [0.15, 0.2) is 0 Å². The summed E-state index contributed by atoms with van der Waals surface area (Å²) >= 11 is 4.76. The fourth-order valence-corrected chi connectivity index (χ4v) is 4.58. The first kappa shape index (κ1) is 20.3. The van der Waals surface area contributed by atoms with Crippen LogP contribution in [0.25, 0.3) is 10.3 Å². The van der Waals surface area contributed by atoms with E-state index in [4.69, 9.17) is 4.74 Å². The lowest BCUT2D eigenvalue weighted by Gasteiger charge is -2.34. The Bertz CT molecular complexity index is 989. The zero-order chi connectivity index (χ0) is 20.6. The Hall–Kier alpha value is -2.01. The van der Waals surface area contributed by atoms with Crippen LogP contribution < -0.4 is 9.64 Å². The molecule has 0 saturated carbocycles. The number of aromatic nitrogens is 4. The largest absolute Gasteiger partial charge is 0.467 e. The molecule has 11 heteroatoms. The van der Waals surface area contributed by atoms with Crippen molar-refractivity contribution < 1.29 is 17.9 Å². The molecule has 4 rings (SSSR count). The van der Waals surface area contributed by atoms with Gasteiger partial charge < -0.3 is 9.64 Å². The van der Waals surface area contributed by atoms with Crippen molar-refractivity contribution in [1.82, 2.24) is 19.9 Å². The van der Waals surface area contributed by atoms with Gasteiger partial charge in [0, 0.05) is 25.5 Å². The summed E-state index contributed by atoms with van der Waals surface area (Å²) in [5.74, 6) is 0.639. The number of piperidine rings is 1. The Kier molecular flexibility index (Phi) is 5.60. The average molecular weight is 488 g/mol. The number of hydrogen-bond acceptors (Lipinski definition) is 7. The van der Waals surface area contributed by atoms with Crippen molar-refractivity contribution in [3.63, 3.8) is 0 Å². The first-order valence-electron chi connectivity index (χ1n) is 9.03. The molecule has 0 aliphatic carbocycles. The SMILES string of the molecule is C[C@H](Oc1nc2ccc(Br)nc2s1)C1CCN(c2ncc(C(F)(F)F)cn2)CC1. The summed E-state index contributed by atoms with van der Waals surface area (Å²) < 4.78 is 44.8. The summed E-state index contributed by atoms with van der Waals surface area (Å²) in [4.78, 5) is 19.3. The highest BCUT2D eigenvalue weighted by Crippen LogP contribution is 2.32. The second kappa shape index (κ2) is 8.02. The molecule has 6 nitrogen and oxygen atoms in total. The molecular formula is C18H17BrF3N5OS. The number of rotatable bonds is 4. The number of nitrogens with zero attached hydrogens (tertiary/aromatic N) is 5. The van der Waals surface area contributed by atoms with E-state index in [1.807, 2.05) is 24.0 Å². The minimum Gasteiger partial charge on any atom is -0.467 e. The van der Waals surface area contributed by atoms with E-state index in [0.29, 0.717) is 30.1 Å². The molecule has 1 aliphatic rings. The maximum Gasteiger partial charge on any atom is 0.419 e. The molecule has 0 radical (unpaired) electrons. The van der Waals surface area contributed by atoms with Gasteiger partial charge in [-0.2, -0.15) is 13.2 Å². The molecule has 3 aromatic heterocycles. The predicted molar refractivity (Wildman–Crippen MR) is 107 cm³/mol. The van der Waals surface area contributed by atoms with E-state index in [2.05, 4.69) is 35.9 Å². The van der Waals surface area contributed by atoms with E-state index < -0.39 is 11.7 Å². The Morgan fingerprint density at radius 2 is 1.86 bits per heavy atom. The summed E-state index contributed by atoms with van der Waals surface area (Å²) in [6.07, 6.45) is -1.13. The van der Waals surface area contributed by atoms with Gasteiger partial charge in [-0.25, -0.2) is 19.9 Å². The zero-order valence-electron chi connectivity index (χ0n) is 15.4. The number of pyridine rings is 1. The Labute approximate surface area is 177 Å². The van der Waals surface area contributed by atoms with Crippen molar-refractivity contribution >= 4 is 43.6 Å². The lowest BCUT2D eigenvalue weighted by Crippen LogP contribution is -2.39. The van der Waals surface area contributed by atoms with Crippen LogP contribution in [0.3, 0.4) is 0 Å². The van der Waals surface area contributed by atoms with Gasteiger partial charge in [-0.15, -0.1) is 0 Å². The monoisotopic (exact) mass is 487 g/mol. The summed E-state index contributed by atoms with van der Waals surface area (Å²) in [5.41, 5.74) is -0.0369. The van der Waals surface area contributed by atoms with Gasteiger partial charge >= 0.3 is 6.18 Å². The first-order chi connectivity index (χ1) is 13.8. The molecule has 1 atom stereocenters. The lowest BCUT2D eigenvalue weighted by molar-refractivity contribution is -0.138. The van der Waals surface area contributed by atoms with Gasteiger partial charge in [-0.1, -0.05) is 11.3 Å². The number of hydrogen-bond donors (Lipinski definition) is 0. The van der Waals surface area contributed by atoms with Gasteiger partial charge in [-0.05, 0) is 53.7 Å². The van der Waals surface area contributed by atoms with Crippen LogP contribution in [0.4, 0.5) is 19.1 Å². The van der Waals surface area contributed by atoms with Crippen LogP contribution in [0.5, 0.6) is 5.19 Å². The third-order valence-electron chi connectivity index (χ3n) is 4.94. The van der Waals surface area contributed by atoms with Gasteiger partial charge in [0.1, 0.15) is 21.1 Å². The molecular weight excluding hydrogens is 471 g/mol. The number of fused-ring (bicyclic) bond motifs is 1. The van der Waals surface area contributed by atoms with Crippen LogP contribution in [-0.4, -0.2) is 39.1 Å². The Balaban J connectivity index is 1.34. The normalized spacial score (nSPS) is 16.9. The summed E-state index contributed by atoms with van der Waals surface area (Å²) in [6.45, 7) is 3.35. The molecule has 1 saturated heterocycles. The van der Waals surface area contributed by atoms with Crippen molar-refractivity contribution in [3.8, 4) is 5.19 Å². The highest BCUT2D eigenvalue weighted by molar-refractivity contribution is 9.10. The van der Waals surface area contributed by atoms with Gasteiger partial charge in [0.25, 0.3) is 5.19 Å². The van der Waals surface area contributed by atoms with Crippen LogP contribution in [-0.2, 0) is 6.18 Å². The second-order valence-electron chi connectivity index (χ2n) is 6.85. The van der Waals surface area contributed by atoms with Gasteiger partial charge in [-0.3, -0.25) is 0 Å². The summed E-state index contributed by atoms with van der Waals surface area (Å²) in [6, 6.07) is 3.73. The number of anilines is 1. The van der Waals surface area contributed by atoms with Gasteiger partial charge in [0.05, 0.1) is 5.56 Å². The third-order valence-corrected chi connectivity index (χ3v) is 6.24. The molecule has 1 fully saturated rings. The fraction of sp³-hybridized carbons (Fsp3) is 0.444. The van der Waals surface area contributed by atoms with Gasteiger partial charge in [0.2, 0.25) is 5.95 Å². The zero-order valence-corrected chi connectivity index (χ0v) is 17.8. The number of ether oxygens (including phenoxy) is 1. The molecule has 4 heterocycles. The number of alkyl halides is 3. The molecule has 0 bridgehead atoms. The fourth-order valence-electron chi connectivity index (χ4n) is 3.28. The summed E-state index contributed by atoms with van der Waals surface area (Å²) in [7, 11) is 0.